The van der Waals surface area contributed by atoms with E-state index in [1.54, 1.807) is 51.4 Å². The van der Waals surface area contributed by atoms with Crippen LogP contribution in [0.1, 0.15) is 130 Å². The van der Waals surface area contributed by atoms with Gasteiger partial charge in [-0.25, -0.2) is 0 Å². The molecule has 29 heavy (non-hydrogen) atoms. The van der Waals surface area contributed by atoms with Gasteiger partial charge in [-0.05, 0) is 111 Å². The molecule has 0 aromatic rings. The van der Waals surface area contributed by atoms with E-state index < -0.39 is 0 Å². The van der Waals surface area contributed by atoms with Crippen LogP contribution in [0.5, 0.6) is 0 Å². The van der Waals surface area contributed by atoms with Crippen molar-refractivity contribution in [3.8, 4) is 0 Å². The molecular weight excluding hydrogens is 430 g/mol. The van der Waals surface area contributed by atoms with Gasteiger partial charge >= 0.3 is 0 Å². The summed E-state index contributed by atoms with van der Waals surface area (Å²) < 4.78 is 0. The minimum Gasteiger partial charge on any atom is -0.0972 e. The van der Waals surface area contributed by atoms with Gasteiger partial charge in [0.2, 0.25) is 0 Å². The first-order chi connectivity index (χ1) is 13.7. The van der Waals surface area contributed by atoms with E-state index in [4.69, 9.17) is 0 Å². The maximum absolute atomic E-state index is 2.42. The Balaban J connectivity index is 0.000000200. The quantitative estimate of drug-likeness (QED) is 0.262. The van der Waals surface area contributed by atoms with E-state index in [9.17, 15) is 0 Å². The Hall–Kier alpha value is 1.38. The van der Waals surface area contributed by atoms with E-state index in [1.165, 1.54) is 62.7 Å². The van der Waals surface area contributed by atoms with Crippen LogP contribution < -0.4 is 0 Å². The third-order valence-corrected chi connectivity index (χ3v) is 17.3. The standard InChI is InChI=1S/2C13H25P.Fe/c2*1-3-11-9-10-12(4-2)14(11)13-7-5-6-8-13;/h2*11-13H,3-10H2,1-2H3;. The minimum atomic E-state index is 0. The van der Waals surface area contributed by atoms with Crippen LogP contribution in [0.25, 0.3) is 0 Å². The second-order valence-electron chi connectivity index (χ2n) is 10.2. The van der Waals surface area contributed by atoms with Gasteiger partial charge in [0.15, 0.2) is 0 Å². The van der Waals surface area contributed by atoms with Crippen LogP contribution in [0.4, 0.5) is 0 Å². The van der Waals surface area contributed by atoms with Crippen molar-refractivity contribution in [3.63, 3.8) is 0 Å². The van der Waals surface area contributed by atoms with Gasteiger partial charge in [0.05, 0.1) is 0 Å². The van der Waals surface area contributed by atoms with E-state index in [0.29, 0.717) is 15.8 Å². The van der Waals surface area contributed by atoms with Crippen molar-refractivity contribution in [2.24, 2.45) is 0 Å². The predicted octanol–water partition coefficient (Wildman–Crippen LogP) is 9.52. The summed E-state index contributed by atoms with van der Waals surface area (Å²) in [6.45, 7) is 9.69. The van der Waals surface area contributed by atoms with Gasteiger partial charge < -0.3 is 0 Å². The molecule has 2 aliphatic heterocycles. The van der Waals surface area contributed by atoms with Crippen molar-refractivity contribution in [3.05, 3.63) is 0 Å². The molecule has 0 radical (unpaired) electrons. The third-order valence-electron chi connectivity index (χ3n) is 8.73. The maximum atomic E-state index is 2.42. The van der Waals surface area contributed by atoms with Gasteiger partial charge in [0.25, 0.3) is 0 Å². The molecule has 0 nitrogen and oxygen atoms in total. The largest absolute Gasteiger partial charge is 0.0972 e. The maximum Gasteiger partial charge on any atom is 0 e. The Kier molecular flexibility index (Phi) is 12.7. The molecule has 4 aliphatic rings. The summed E-state index contributed by atoms with van der Waals surface area (Å²) in [6.07, 6.45) is 24.6. The molecule has 3 heteroatoms. The van der Waals surface area contributed by atoms with E-state index in [2.05, 4.69) is 27.7 Å². The Morgan fingerprint density at radius 3 is 0.897 bits per heavy atom. The number of rotatable bonds is 6. The second kappa shape index (κ2) is 13.8. The monoisotopic (exact) mass is 480 g/mol. The fraction of sp³-hybridized carbons (Fsp3) is 1.00. The first-order valence-electron chi connectivity index (χ1n) is 13.3. The van der Waals surface area contributed by atoms with Crippen molar-refractivity contribution in [2.45, 2.75) is 164 Å². The van der Waals surface area contributed by atoms with Crippen LogP contribution in [0.2, 0.25) is 0 Å². The van der Waals surface area contributed by atoms with Gasteiger partial charge in [0, 0.05) is 17.1 Å². The molecule has 0 aromatic carbocycles. The molecule has 0 aromatic heterocycles. The van der Waals surface area contributed by atoms with Gasteiger partial charge in [-0.15, -0.1) is 0 Å². The molecule has 4 atom stereocenters. The van der Waals surface area contributed by atoms with Crippen LogP contribution in [0, 0.1) is 0 Å². The van der Waals surface area contributed by atoms with Crippen molar-refractivity contribution in [1.82, 2.24) is 0 Å². The second-order valence-corrected chi connectivity index (χ2v) is 16.3. The van der Waals surface area contributed by atoms with Crippen molar-refractivity contribution in [1.29, 1.82) is 0 Å². The van der Waals surface area contributed by atoms with Crippen LogP contribution in [0.3, 0.4) is 0 Å². The summed E-state index contributed by atoms with van der Waals surface area (Å²) in [5, 5.41) is 0. The molecule has 0 bridgehead atoms. The van der Waals surface area contributed by atoms with E-state index in [0.717, 1.165) is 22.6 Å². The van der Waals surface area contributed by atoms with Crippen LogP contribution >= 0.6 is 15.8 Å². The summed E-state index contributed by atoms with van der Waals surface area (Å²) in [6, 6.07) is 0. The van der Waals surface area contributed by atoms with Gasteiger partial charge in [0.1, 0.15) is 0 Å². The molecule has 0 amide bonds. The Labute approximate surface area is 196 Å². The minimum absolute atomic E-state index is 0. The average Bonchev–Trinajstić information content (AvgIpc) is 3.52. The Bertz CT molecular complexity index is 366. The van der Waals surface area contributed by atoms with E-state index in [1.807, 2.05) is 0 Å². The van der Waals surface area contributed by atoms with Crippen LogP contribution in [-0.2, 0) is 17.1 Å². The molecule has 2 saturated heterocycles. The molecule has 2 aliphatic carbocycles. The fourth-order valence-corrected chi connectivity index (χ4v) is 16.2. The normalized spacial score (nSPS) is 38.1. The predicted molar refractivity (Wildman–Crippen MR) is 133 cm³/mol. The zero-order valence-corrected chi connectivity index (χ0v) is 22.9. The van der Waals surface area contributed by atoms with Crippen LogP contribution in [0.15, 0.2) is 0 Å². The van der Waals surface area contributed by atoms with Gasteiger partial charge in [-0.1, -0.05) is 69.2 Å². The number of hydrogen-bond acceptors (Lipinski definition) is 0. The summed E-state index contributed by atoms with van der Waals surface area (Å²) in [5.74, 6) is 0. The van der Waals surface area contributed by atoms with Crippen molar-refractivity contribution >= 4 is 15.8 Å². The fourth-order valence-electron chi connectivity index (χ4n) is 7.22. The van der Waals surface area contributed by atoms with E-state index in [-0.39, 0.29) is 17.1 Å². The Morgan fingerprint density at radius 1 is 0.448 bits per heavy atom. The molecule has 0 N–H and O–H groups in total. The van der Waals surface area contributed by atoms with E-state index >= 15 is 0 Å². The van der Waals surface area contributed by atoms with Gasteiger partial charge in [-0.2, -0.15) is 0 Å². The molecule has 4 fully saturated rings. The first-order valence-corrected chi connectivity index (χ1v) is 16.4. The molecule has 0 spiro atoms. The number of hydrogen-bond donors (Lipinski definition) is 0. The zero-order chi connectivity index (χ0) is 19.9. The topological polar surface area (TPSA) is 0 Å². The smallest absolute Gasteiger partial charge is 0 e. The summed E-state index contributed by atoms with van der Waals surface area (Å²) in [4.78, 5) is 0. The molecule has 172 valence electrons. The average molecular weight is 480 g/mol. The van der Waals surface area contributed by atoms with Crippen molar-refractivity contribution in [2.75, 3.05) is 0 Å². The SMILES string of the molecule is CCC1CCC(CC)P1C1CCCC1.CCC1CCC(CC)P1C1CCCC1.[Fe]. The third kappa shape index (κ3) is 6.69. The molecule has 4 unspecified atom stereocenters. The molecule has 4 rings (SSSR count). The first kappa shape index (κ1) is 26.6. The summed E-state index contributed by atoms with van der Waals surface area (Å²) >= 11 is 0. The van der Waals surface area contributed by atoms with Gasteiger partial charge in [-0.3, -0.25) is 0 Å². The summed E-state index contributed by atoms with van der Waals surface area (Å²) in [7, 11) is 0.853. The zero-order valence-electron chi connectivity index (χ0n) is 20.0. The van der Waals surface area contributed by atoms with Crippen LogP contribution in [-0.4, -0.2) is 34.0 Å². The molecular formula is C26H50FeP2. The molecule has 2 heterocycles. The Morgan fingerprint density at radius 2 is 0.690 bits per heavy atom. The molecule has 2 saturated carbocycles. The summed E-state index contributed by atoms with van der Waals surface area (Å²) in [5.41, 5.74) is 6.97. The van der Waals surface area contributed by atoms with Crippen molar-refractivity contribution < 1.29 is 17.1 Å².